The summed E-state index contributed by atoms with van der Waals surface area (Å²) in [5.41, 5.74) is -0.206. The summed E-state index contributed by atoms with van der Waals surface area (Å²) in [5, 5.41) is 6.85. The maximum atomic E-state index is 14.4. The fourth-order valence-corrected chi connectivity index (χ4v) is 4.24. The van der Waals surface area contributed by atoms with Gasteiger partial charge in [0.1, 0.15) is 18.9 Å². The van der Waals surface area contributed by atoms with Crippen LogP contribution < -0.4 is 0 Å². The average Bonchev–Trinajstić information content (AvgIpc) is 3.75. The molecule has 0 fully saturated rings. The minimum absolute atomic E-state index is 0.000691. The van der Waals surface area contributed by atoms with E-state index in [1.807, 2.05) is 27.7 Å². The summed E-state index contributed by atoms with van der Waals surface area (Å²) in [6.45, 7) is 5.54. The van der Waals surface area contributed by atoms with E-state index >= 15 is 0 Å². The van der Waals surface area contributed by atoms with Gasteiger partial charge in [-0.05, 0) is 11.8 Å². The zero-order valence-corrected chi connectivity index (χ0v) is 25.8. The van der Waals surface area contributed by atoms with E-state index in [-0.39, 0.29) is 59.6 Å². The van der Waals surface area contributed by atoms with Gasteiger partial charge in [0.05, 0.1) is 24.8 Å². The van der Waals surface area contributed by atoms with E-state index in [1.54, 1.807) is 0 Å². The maximum absolute atomic E-state index is 14.4. The number of rotatable bonds is 13. The van der Waals surface area contributed by atoms with Crippen molar-refractivity contribution >= 4 is 12.0 Å². The molecule has 2 atom stereocenters. The van der Waals surface area contributed by atoms with Crippen LogP contribution in [0.1, 0.15) is 39.8 Å². The standard InChI is InChI=1S/C25H27F17N6O2/c1-11(2)14-9-49-16(43-14)48(17-44-15(10-50-17)12(3)4)8-13-7-47(46-45-13)6-5-18(26,27)19(28,29)20(30,31)21(32,33)22(34,35)23(36,37)24(38,39)25(40,41)42/h7,11-12,14-15H,5-6,8-10H2,1-4H3/t14-,15-/m1/s1. The molecular weight excluding hydrogens is 739 g/mol. The summed E-state index contributed by atoms with van der Waals surface area (Å²) in [5.74, 6) is -56.8. The van der Waals surface area contributed by atoms with E-state index in [4.69, 9.17) is 9.47 Å². The highest BCUT2D eigenvalue weighted by molar-refractivity contribution is 5.94. The van der Waals surface area contributed by atoms with Crippen molar-refractivity contribution in [2.45, 2.75) is 107 Å². The summed E-state index contributed by atoms with van der Waals surface area (Å²) < 4.78 is 242. The smallest absolute Gasteiger partial charge is 0.460 e. The van der Waals surface area contributed by atoms with Crippen LogP contribution in [0.4, 0.5) is 74.6 Å². The van der Waals surface area contributed by atoms with Crippen LogP contribution in [0.15, 0.2) is 16.2 Å². The van der Waals surface area contributed by atoms with Gasteiger partial charge in [-0.2, -0.15) is 74.6 Å². The molecule has 2 aliphatic heterocycles. The van der Waals surface area contributed by atoms with Gasteiger partial charge in [0.2, 0.25) is 0 Å². The average molecular weight is 766 g/mol. The van der Waals surface area contributed by atoms with Crippen molar-refractivity contribution in [3.05, 3.63) is 11.9 Å². The molecule has 0 bridgehead atoms. The van der Waals surface area contributed by atoms with Crippen molar-refractivity contribution in [2.75, 3.05) is 13.2 Å². The lowest BCUT2D eigenvalue weighted by Crippen LogP contribution is -2.74. The summed E-state index contributed by atoms with van der Waals surface area (Å²) >= 11 is 0. The largest absolute Gasteiger partial charge is 0.463 e. The van der Waals surface area contributed by atoms with E-state index in [0.717, 1.165) is 6.20 Å². The zero-order valence-electron chi connectivity index (χ0n) is 25.8. The fraction of sp³-hybridized carbons (Fsp3) is 0.840. The number of ether oxygens (including phenoxy) is 2. The van der Waals surface area contributed by atoms with Gasteiger partial charge < -0.3 is 9.47 Å². The van der Waals surface area contributed by atoms with E-state index < -0.39 is 67.1 Å². The van der Waals surface area contributed by atoms with Crippen molar-refractivity contribution in [2.24, 2.45) is 21.8 Å². The predicted octanol–water partition coefficient (Wildman–Crippen LogP) is 7.30. The van der Waals surface area contributed by atoms with Crippen LogP contribution in [0.2, 0.25) is 0 Å². The van der Waals surface area contributed by atoms with Crippen LogP contribution in [0.25, 0.3) is 0 Å². The number of nitrogens with zero attached hydrogens (tertiary/aromatic N) is 6. The zero-order chi connectivity index (χ0) is 38.7. The Morgan fingerprint density at radius 2 is 1.06 bits per heavy atom. The molecule has 25 heteroatoms. The number of alkyl halides is 17. The first-order valence-electron chi connectivity index (χ1n) is 14.2. The molecule has 0 amide bonds. The number of halogens is 17. The van der Waals surface area contributed by atoms with Crippen molar-refractivity contribution < 1.29 is 84.1 Å². The molecule has 0 saturated heterocycles. The number of amidine groups is 2. The first kappa shape index (κ1) is 41.1. The second kappa shape index (κ2) is 13.0. The third-order valence-corrected chi connectivity index (χ3v) is 7.67. The maximum Gasteiger partial charge on any atom is 0.460 e. The number of aromatic nitrogens is 3. The van der Waals surface area contributed by atoms with E-state index in [0.29, 0.717) is 0 Å². The van der Waals surface area contributed by atoms with Gasteiger partial charge in [-0.1, -0.05) is 32.9 Å². The Hall–Kier alpha value is -3.31. The van der Waals surface area contributed by atoms with Gasteiger partial charge in [0.15, 0.2) is 0 Å². The summed E-state index contributed by atoms with van der Waals surface area (Å²) in [6.07, 6.45) is -9.75. The summed E-state index contributed by atoms with van der Waals surface area (Å²) in [4.78, 5) is 10.0. The highest BCUT2D eigenvalue weighted by atomic mass is 19.4. The highest BCUT2D eigenvalue weighted by Gasteiger charge is 2.95. The Balaban J connectivity index is 1.84. The van der Waals surface area contributed by atoms with Gasteiger partial charge in [0, 0.05) is 13.0 Å². The van der Waals surface area contributed by atoms with Crippen LogP contribution in [-0.4, -0.2) is 105 Å². The molecule has 0 unspecified atom stereocenters. The van der Waals surface area contributed by atoms with Crippen molar-refractivity contribution in [1.82, 2.24) is 19.9 Å². The van der Waals surface area contributed by atoms with Gasteiger partial charge in [-0.3, -0.25) is 4.68 Å². The number of aryl methyl sites for hydroxylation is 1. The first-order chi connectivity index (χ1) is 22.4. The molecule has 0 N–H and O–H groups in total. The molecule has 288 valence electrons. The SMILES string of the molecule is CC(C)[C@H]1COC(N(Cc2cn(CCC(F)(F)C(F)(F)C(F)(F)C(F)(F)C(F)(F)C(F)(F)C(F)(F)C(F)(F)F)nn2)C2=N[C@@H](C(C)C)CO2)=N1. The molecule has 0 saturated carbocycles. The molecule has 2 aliphatic rings. The van der Waals surface area contributed by atoms with E-state index in [2.05, 4.69) is 20.3 Å². The normalized spacial score (nSPS) is 20.3. The number of aliphatic imine (C=N–C) groups is 2. The van der Waals surface area contributed by atoms with Crippen LogP contribution >= 0.6 is 0 Å². The van der Waals surface area contributed by atoms with Gasteiger partial charge in [-0.25, -0.2) is 14.9 Å². The summed E-state index contributed by atoms with van der Waals surface area (Å²) in [7, 11) is 0. The Morgan fingerprint density at radius 3 is 1.44 bits per heavy atom. The van der Waals surface area contributed by atoms with E-state index in [9.17, 15) is 74.6 Å². The molecule has 0 spiro atoms. The quantitative estimate of drug-likeness (QED) is 0.197. The molecule has 0 aromatic carbocycles. The highest BCUT2D eigenvalue weighted by Crippen LogP contribution is 2.64. The Kier molecular flexibility index (Phi) is 10.7. The molecule has 3 heterocycles. The second-order valence-corrected chi connectivity index (χ2v) is 12.0. The monoisotopic (exact) mass is 766 g/mol. The molecular formula is C25H27F17N6O2. The third kappa shape index (κ3) is 6.72. The molecule has 1 aromatic heterocycles. The van der Waals surface area contributed by atoms with Crippen LogP contribution in [0.3, 0.4) is 0 Å². The lowest BCUT2D eigenvalue weighted by molar-refractivity contribution is -0.461. The lowest BCUT2D eigenvalue weighted by atomic mass is 9.88. The number of hydrogen-bond acceptors (Lipinski definition) is 7. The first-order valence-corrected chi connectivity index (χ1v) is 14.2. The Labute approximate surface area is 270 Å². The lowest BCUT2D eigenvalue weighted by Gasteiger charge is -2.42. The van der Waals surface area contributed by atoms with Gasteiger partial charge in [-0.15, -0.1) is 5.10 Å². The van der Waals surface area contributed by atoms with Crippen molar-refractivity contribution in [1.29, 1.82) is 0 Å². The predicted molar refractivity (Wildman–Crippen MR) is 135 cm³/mol. The van der Waals surface area contributed by atoms with Crippen LogP contribution in [0.5, 0.6) is 0 Å². The summed E-state index contributed by atoms with van der Waals surface area (Å²) in [6, 6.07) is -0.724. The topological polar surface area (TPSA) is 77.1 Å². The molecule has 3 rings (SSSR count). The third-order valence-electron chi connectivity index (χ3n) is 7.67. The second-order valence-electron chi connectivity index (χ2n) is 12.0. The molecule has 1 aromatic rings. The minimum atomic E-state index is -8.68. The molecule has 8 nitrogen and oxygen atoms in total. The van der Waals surface area contributed by atoms with Crippen molar-refractivity contribution in [3.8, 4) is 0 Å². The van der Waals surface area contributed by atoms with Crippen molar-refractivity contribution in [3.63, 3.8) is 0 Å². The molecule has 50 heavy (non-hydrogen) atoms. The minimum Gasteiger partial charge on any atom is -0.463 e. The van der Waals surface area contributed by atoms with Crippen LogP contribution in [-0.2, 0) is 22.6 Å². The molecule has 0 radical (unpaired) electrons. The molecule has 0 aliphatic carbocycles. The Morgan fingerprint density at radius 1 is 0.660 bits per heavy atom. The van der Waals surface area contributed by atoms with E-state index in [1.165, 1.54) is 4.90 Å². The fourth-order valence-electron chi connectivity index (χ4n) is 4.24. The Bertz CT molecular complexity index is 1390. The number of hydrogen-bond donors (Lipinski definition) is 0. The van der Waals surface area contributed by atoms with Gasteiger partial charge in [0.25, 0.3) is 12.0 Å². The van der Waals surface area contributed by atoms with Crippen LogP contribution in [0, 0.1) is 11.8 Å². The van der Waals surface area contributed by atoms with Gasteiger partial charge >= 0.3 is 47.6 Å².